The monoisotopic (exact) mass is 257 g/mol. The molecule has 1 aromatic heterocycles. The second-order valence-corrected chi connectivity index (χ2v) is 4.03. The lowest BCUT2D eigenvalue weighted by Gasteiger charge is -2.15. The zero-order valence-corrected chi connectivity index (χ0v) is 11.1. The van der Waals surface area contributed by atoms with Crippen molar-refractivity contribution in [3.05, 3.63) is 12.4 Å². The molecule has 0 aromatic carbocycles. The fourth-order valence-corrected chi connectivity index (χ4v) is 1.58. The molecule has 0 aliphatic heterocycles. The molecule has 1 aromatic rings. The molecular formula is C12H23N3O3. The van der Waals surface area contributed by atoms with E-state index >= 15 is 0 Å². The van der Waals surface area contributed by atoms with Crippen LogP contribution < -0.4 is 5.32 Å². The number of anilines is 1. The van der Waals surface area contributed by atoms with Crippen LogP contribution in [0.5, 0.6) is 0 Å². The molecule has 1 unspecified atom stereocenters. The van der Waals surface area contributed by atoms with Crippen LogP contribution in [0.4, 0.5) is 5.69 Å². The number of hydrogen-bond acceptors (Lipinski definition) is 5. The molecule has 1 rings (SSSR count). The topological polar surface area (TPSA) is 68.5 Å². The van der Waals surface area contributed by atoms with E-state index in [0.29, 0.717) is 32.4 Å². The largest absolute Gasteiger partial charge is 0.394 e. The van der Waals surface area contributed by atoms with Crippen molar-refractivity contribution in [2.45, 2.75) is 25.9 Å². The first-order valence-corrected chi connectivity index (χ1v) is 6.26. The Kier molecular flexibility index (Phi) is 7.40. The highest BCUT2D eigenvalue weighted by atomic mass is 16.5. The maximum absolute atomic E-state index is 8.58. The molecule has 0 amide bonds. The van der Waals surface area contributed by atoms with Gasteiger partial charge >= 0.3 is 0 Å². The maximum atomic E-state index is 8.58. The molecule has 0 saturated carbocycles. The Morgan fingerprint density at radius 3 is 3.00 bits per heavy atom. The van der Waals surface area contributed by atoms with Gasteiger partial charge in [-0.3, -0.25) is 4.68 Å². The molecule has 1 atom stereocenters. The van der Waals surface area contributed by atoms with E-state index < -0.39 is 0 Å². The number of nitrogens with one attached hydrogen (secondary N) is 1. The molecule has 0 aliphatic rings. The number of rotatable bonds is 10. The third-order valence-electron chi connectivity index (χ3n) is 2.57. The van der Waals surface area contributed by atoms with Crippen LogP contribution in [0.2, 0.25) is 0 Å². The van der Waals surface area contributed by atoms with Crippen molar-refractivity contribution in [1.82, 2.24) is 9.78 Å². The van der Waals surface area contributed by atoms with Gasteiger partial charge in [0.15, 0.2) is 0 Å². The van der Waals surface area contributed by atoms with Crippen LogP contribution in [0.1, 0.15) is 13.3 Å². The highest BCUT2D eigenvalue weighted by Gasteiger charge is 2.06. The number of aromatic nitrogens is 2. The van der Waals surface area contributed by atoms with Crippen molar-refractivity contribution in [2.24, 2.45) is 0 Å². The minimum Gasteiger partial charge on any atom is -0.394 e. The zero-order valence-electron chi connectivity index (χ0n) is 11.1. The number of aliphatic hydroxyl groups excluding tert-OH is 1. The van der Waals surface area contributed by atoms with Gasteiger partial charge < -0.3 is 19.9 Å². The minimum absolute atomic E-state index is 0.0567. The average Bonchev–Trinajstić information content (AvgIpc) is 2.82. The van der Waals surface area contributed by atoms with E-state index in [1.54, 1.807) is 13.3 Å². The van der Waals surface area contributed by atoms with Crippen LogP contribution in [0.3, 0.4) is 0 Å². The van der Waals surface area contributed by atoms with Crippen LogP contribution >= 0.6 is 0 Å². The van der Waals surface area contributed by atoms with Gasteiger partial charge in [0.2, 0.25) is 0 Å². The Bertz CT molecular complexity index is 317. The lowest BCUT2D eigenvalue weighted by atomic mass is 10.2. The number of hydrogen-bond donors (Lipinski definition) is 2. The van der Waals surface area contributed by atoms with E-state index in [-0.39, 0.29) is 6.61 Å². The smallest absolute Gasteiger partial charge is 0.0729 e. The van der Waals surface area contributed by atoms with Crippen LogP contribution in [0.25, 0.3) is 0 Å². The second-order valence-electron chi connectivity index (χ2n) is 4.03. The van der Waals surface area contributed by atoms with Gasteiger partial charge in [-0.1, -0.05) is 6.92 Å². The van der Waals surface area contributed by atoms with Crippen molar-refractivity contribution >= 4 is 5.69 Å². The molecule has 6 heteroatoms. The SMILES string of the molecule is CCC(COC)Nc1cnn(CCOCCO)c1. The fourth-order valence-electron chi connectivity index (χ4n) is 1.58. The molecule has 6 nitrogen and oxygen atoms in total. The lowest BCUT2D eigenvalue weighted by Crippen LogP contribution is -2.23. The number of methoxy groups -OCH3 is 1. The molecule has 1 heterocycles. The third kappa shape index (κ3) is 5.48. The van der Waals surface area contributed by atoms with E-state index in [1.165, 1.54) is 0 Å². The summed E-state index contributed by atoms with van der Waals surface area (Å²) in [6.45, 7) is 4.46. The Hall–Kier alpha value is -1.11. The maximum Gasteiger partial charge on any atom is 0.0729 e. The third-order valence-corrected chi connectivity index (χ3v) is 2.57. The first-order chi connectivity index (χ1) is 8.80. The highest BCUT2D eigenvalue weighted by Crippen LogP contribution is 2.08. The van der Waals surface area contributed by atoms with E-state index in [9.17, 15) is 0 Å². The molecule has 0 saturated heterocycles. The summed E-state index contributed by atoms with van der Waals surface area (Å²) >= 11 is 0. The van der Waals surface area contributed by atoms with Crippen LogP contribution in [-0.4, -0.2) is 54.5 Å². The van der Waals surface area contributed by atoms with Crippen molar-refractivity contribution in [3.8, 4) is 0 Å². The van der Waals surface area contributed by atoms with Gasteiger partial charge in [0.25, 0.3) is 0 Å². The second kappa shape index (κ2) is 8.91. The van der Waals surface area contributed by atoms with Crippen molar-refractivity contribution < 1.29 is 14.6 Å². The van der Waals surface area contributed by atoms with Gasteiger partial charge in [-0.2, -0.15) is 5.10 Å². The fraction of sp³-hybridized carbons (Fsp3) is 0.750. The van der Waals surface area contributed by atoms with Gasteiger partial charge in [0, 0.05) is 19.3 Å². The molecular weight excluding hydrogens is 234 g/mol. The molecule has 0 spiro atoms. The van der Waals surface area contributed by atoms with E-state index in [1.807, 2.05) is 10.9 Å². The summed E-state index contributed by atoms with van der Waals surface area (Å²) in [6, 6.07) is 0.304. The quantitative estimate of drug-likeness (QED) is 0.605. The summed E-state index contributed by atoms with van der Waals surface area (Å²) in [5.74, 6) is 0. The first kappa shape index (κ1) is 14.9. The van der Waals surface area contributed by atoms with Crippen LogP contribution in [0.15, 0.2) is 12.4 Å². The van der Waals surface area contributed by atoms with Gasteiger partial charge in [-0.25, -0.2) is 0 Å². The normalized spacial score (nSPS) is 12.6. The van der Waals surface area contributed by atoms with Crippen molar-refractivity contribution in [1.29, 1.82) is 0 Å². The van der Waals surface area contributed by atoms with Gasteiger partial charge in [-0.15, -0.1) is 0 Å². The molecule has 18 heavy (non-hydrogen) atoms. The Morgan fingerprint density at radius 1 is 1.50 bits per heavy atom. The first-order valence-electron chi connectivity index (χ1n) is 6.26. The Balaban J connectivity index is 2.33. The van der Waals surface area contributed by atoms with Crippen molar-refractivity contribution in [2.75, 3.05) is 38.9 Å². The predicted octanol–water partition coefficient (Wildman–Crippen LogP) is 0.729. The summed E-state index contributed by atoms with van der Waals surface area (Å²) in [5.41, 5.74) is 0.987. The molecule has 104 valence electrons. The lowest BCUT2D eigenvalue weighted by molar-refractivity contribution is 0.0854. The van der Waals surface area contributed by atoms with E-state index in [0.717, 1.165) is 12.1 Å². The summed E-state index contributed by atoms with van der Waals surface area (Å²) in [4.78, 5) is 0. The van der Waals surface area contributed by atoms with E-state index in [4.69, 9.17) is 14.6 Å². The molecule has 2 N–H and O–H groups in total. The number of ether oxygens (including phenoxy) is 2. The standard InChI is InChI=1S/C12H23N3O3/c1-3-11(10-17-2)14-12-8-13-15(9-12)4-6-18-7-5-16/h8-9,11,14,16H,3-7,10H2,1-2H3. The Morgan fingerprint density at radius 2 is 2.33 bits per heavy atom. The number of nitrogens with zero attached hydrogens (tertiary/aromatic N) is 2. The molecule has 0 radical (unpaired) electrons. The zero-order chi connectivity index (χ0) is 13.2. The number of aliphatic hydroxyl groups is 1. The highest BCUT2D eigenvalue weighted by molar-refractivity contribution is 5.39. The minimum atomic E-state index is 0.0567. The Labute approximate surface area is 108 Å². The summed E-state index contributed by atoms with van der Waals surface area (Å²) < 4.78 is 12.1. The van der Waals surface area contributed by atoms with Gasteiger partial charge in [0.1, 0.15) is 0 Å². The molecule has 0 fully saturated rings. The summed E-state index contributed by atoms with van der Waals surface area (Å²) in [7, 11) is 1.70. The van der Waals surface area contributed by atoms with Crippen molar-refractivity contribution in [3.63, 3.8) is 0 Å². The summed E-state index contributed by atoms with van der Waals surface area (Å²) in [5, 5.41) is 16.2. The predicted molar refractivity (Wildman–Crippen MR) is 69.7 cm³/mol. The molecule has 0 bridgehead atoms. The van der Waals surface area contributed by atoms with Crippen LogP contribution in [-0.2, 0) is 16.0 Å². The summed E-state index contributed by atoms with van der Waals surface area (Å²) in [6.07, 6.45) is 4.74. The van der Waals surface area contributed by atoms with Gasteiger partial charge in [-0.05, 0) is 6.42 Å². The van der Waals surface area contributed by atoms with E-state index in [2.05, 4.69) is 17.3 Å². The molecule has 0 aliphatic carbocycles. The van der Waals surface area contributed by atoms with Crippen LogP contribution in [0, 0.1) is 0 Å². The average molecular weight is 257 g/mol. The van der Waals surface area contributed by atoms with Gasteiger partial charge in [0.05, 0.1) is 44.9 Å².